The average Bonchev–Trinajstić information content (AvgIpc) is 3.27. The Morgan fingerprint density at radius 1 is 1.03 bits per heavy atom. The number of likely N-dealkylation sites (N-methyl/N-ethyl adjacent to an activating group) is 1. The lowest BCUT2D eigenvalue weighted by molar-refractivity contribution is -0.141. The van der Waals surface area contributed by atoms with Crippen LogP contribution in [0.5, 0.6) is 0 Å². The van der Waals surface area contributed by atoms with Crippen LogP contribution in [0.15, 0.2) is 54.6 Å². The SMILES string of the molecule is CCOC(=O)CNC(=O)N(CC)CC(=O)Nc1cc(-c2ccccc2)nn1-c1ccc(Cl)c(Cl)c1. The Labute approximate surface area is 213 Å². The zero-order valence-corrected chi connectivity index (χ0v) is 20.8. The normalized spacial score (nSPS) is 10.5. The van der Waals surface area contributed by atoms with Gasteiger partial charge in [0.1, 0.15) is 18.9 Å². The third kappa shape index (κ3) is 6.97. The van der Waals surface area contributed by atoms with Gasteiger partial charge in [-0.1, -0.05) is 53.5 Å². The maximum Gasteiger partial charge on any atom is 0.325 e. The number of urea groups is 1. The summed E-state index contributed by atoms with van der Waals surface area (Å²) in [4.78, 5) is 38.0. The first-order chi connectivity index (χ1) is 16.8. The van der Waals surface area contributed by atoms with E-state index < -0.39 is 17.9 Å². The van der Waals surface area contributed by atoms with Crippen LogP contribution in [0.25, 0.3) is 16.9 Å². The van der Waals surface area contributed by atoms with E-state index >= 15 is 0 Å². The van der Waals surface area contributed by atoms with Gasteiger partial charge in [-0.3, -0.25) is 9.59 Å². The second-order valence-electron chi connectivity index (χ2n) is 7.32. The molecule has 0 fully saturated rings. The van der Waals surface area contributed by atoms with Crippen molar-refractivity contribution in [1.82, 2.24) is 20.0 Å². The van der Waals surface area contributed by atoms with Crippen molar-refractivity contribution in [2.45, 2.75) is 13.8 Å². The quantitative estimate of drug-likeness (QED) is 0.409. The molecule has 1 heterocycles. The van der Waals surface area contributed by atoms with E-state index in [9.17, 15) is 14.4 Å². The van der Waals surface area contributed by atoms with E-state index in [-0.39, 0.29) is 26.2 Å². The van der Waals surface area contributed by atoms with E-state index in [0.29, 0.717) is 27.2 Å². The molecule has 0 unspecified atom stereocenters. The van der Waals surface area contributed by atoms with Crippen LogP contribution in [-0.4, -0.2) is 58.8 Å². The van der Waals surface area contributed by atoms with E-state index in [0.717, 1.165) is 5.56 Å². The first-order valence-electron chi connectivity index (χ1n) is 10.9. The molecular formula is C24H25Cl2N5O4. The molecule has 1 aromatic heterocycles. The molecule has 9 nitrogen and oxygen atoms in total. The molecule has 0 saturated heterocycles. The molecule has 0 saturated carbocycles. The number of nitrogens with one attached hydrogen (secondary N) is 2. The third-order valence-electron chi connectivity index (χ3n) is 4.89. The Hall–Kier alpha value is -3.56. The zero-order valence-electron chi connectivity index (χ0n) is 19.3. The lowest BCUT2D eigenvalue weighted by atomic mass is 10.1. The Balaban J connectivity index is 1.80. The number of nitrogens with zero attached hydrogens (tertiary/aromatic N) is 3. The van der Waals surface area contributed by atoms with Gasteiger partial charge in [0.05, 0.1) is 28.0 Å². The van der Waals surface area contributed by atoms with Gasteiger partial charge in [0.15, 0.2) is 0 Å². The second kappa shape index (κ2) is 12.2. The van der Waals surface area contributed by atoms with Crippen molar-refractivity contribution in [3.63, 3.8) is 0 Å². The van der Waals surface area contributed by atoms with Crippen molar-refractivity contribution in [2.24, 2.45) is 0 Å². The third-order valence-corrected chi connectivity index (χ3v) is 5.63. The number of halogens is 2. The lowest BCUT2D eigenvalue weighted by Gasteiger charge is -2.20. The summed E-state index contributed by atoms with van der Waals surface area (Å²) < 4.78 is 6.34. The predicted octanol–water partition coefficient (Wildman–Crippen LogP) is 4.38. The molecule has 3 rings (SSSR count). The highest BCUT2D eigenvalue weighted by Gasteiger charge is 2.19. The van der Waals surface area contributed by atoms with Gasteiger partial charge in [-0.25, -0.2) is 9.48 Å². The molecular weight excluding hydrogens is 493 g/mol. The van der Waals surface area contributed by atoms with Crippen molar-refractivity contribution in [1.29, 1.82) is 0 Å². The molecule has 11 heteroatoms. The summed E-state index contributed by atoms with van der Waals surface area (Å²) in [6.07, 6.45) is 0. The largest absolute Gasteiger partial charge is 0.465 e. The van der Waals surface area contributed by atoms with Gasteiger partial charge in [0.2, 0.25) is 5.91 Å². The molecule has 2 aromatic carbocycles. The Morgan fingerprint density at radius 2 is 1.77 bits per heavy atom. The van der Waals surface area contributed by atoms with Gasteiger partial charge < -0.3 is 20.3 Å². The molecule has 3 aromatic rings. The van der Waals surface area contributed by atoms with E-state index in [1.165, 1.54) is 4.90 Å². The molecule has 0 bridgehead atoms. The number of benzene rings is 2. The number of carbonyl (C=O) groups excluding carboxylic acids is 3. The van der Waals surface area contributed by atoms with Crippen LogP contribution in [0.3, 0.4) is 0 Å². The molecule has 2 N–H and O–H groups in total. The number of hydrogen-bond donors (Lipinski definition) is 2. The minimum atomic E-state index is -0.557. The summed E-state index contributed by atoms with van der Waals surface area (Å²) in [6.45, 7) is 3.35. The van der Waals surface area contributed by atoms with E-state index in [2.05, 4.69) is 15.7 Å². The van der Waals surface area contributed by atoms with Crippen LogP contribution in [0.4, 0.5) is 10.6 Å². The number of aromatic nitrogens is 2. The first kappa shape index (κ1) is 26.1. The molecule has 3 amide bonds. The summed E-state index contributed by atoms with van der Waals surface area (Å²) in [6, 6.07) is 15.7. The smallest absolute Gasteiger partial charge is 0.325 e. The van der Waals surface area contributed by atoms with Crippen LogP contribution < -0.4 is 10.6 Å². The van der Waals surface area contributed by atoms with Crippen LogP contribution in [-0.2, 0) is 14.3 Å². The Kier molecular flexibility index (Phi) is 9.11. The topological polar surface area (TPSA) is 106 Å². The van der Waals surface area contributed by atoms with Crippen molar-refractivity contribution in [3.05, 3.63) is 64.6 Å². The number of esters is 1. The first-order valence-corrected chi connectivity index (χ1v) is 11.7. The summed E-state index contributed by atoms with van der Waals surface area (Å²) in [7, 11) is 0. The van der Waals surface area contributed by atoms with Gasteiger partial charge >= 0.3 is 12.0 Å². The minimum Gasteiger partial charge on any atom is -0.465 e. The number of amides is 3. The fourth-order valence-electron chi connectivity index (χ4n) is 3.19. The van der Waals surface area contributed by atoms with E-state index in [1.54, 1.807) is 42.8 Å². The van der Waals surface area contributed by atoms with Crippen LogP contribution >= 0.6 is 23.2 Å². The predicted molar refractivity (Wildman–Crippen MR) is 135 cm³/mol. The molecule has 0 radical (unpaired) electrons. The Morgan fingerprint density at radius 3 is 2.43 bits per heavy atom. The van der Waals surface area contributed by atoms with E-state index in [1.807, 2.05) is 30.3 Å². The standard InChI is InChI=1S/C24H25Cl2N5O4/c1-3-30(24(34)27-14-23(33)35-4-2)15-22(32)28-21-13-20(16-8-6-5-7-9-16)29-31(21)17-10-11-18(25)19(26)12-17/h5-13H,3-4,14-15H2,1-2H3,(H,27,34)(H,28,32). The van der Waals surface area contributed by atoms with Crippen molar-refractivity contribution >= 4 is 46.9 Å². The number of rotatable bonds is 9. The molecule has 0 spiro atoms. The van der Waals surface area contributed by atoms with Crippen LogP contribution in [0.2, 0.25) is 10.0 Å². The summed E-state index contributed by atoms with van der Waals surface area (Å²) in [5, 5.41) is 10.6. The molecule has 35 heavy (non-hydrogen) atoms. The van der Waals surface area contributed by atoms with Crippen LogP contribution in [0.1, 0.15) is 13.8 Å². The minimum absolute atomic E-state index is 0.214. The summed E-state index contributed by atoms with van der Waals surface area (Å²) in [5.74, 6) is -0.616. The molecule has 0 aliphatic rings. The maximum absolute atomic E-state index is 12.9. The van der Waals surface area contributed by atoms with Crippen molar-refractivity contribution in [2.75, 3.05) is 31.6 Å². The van der Waals surface area contributed by atoms with Gasteiger partial charge in [-0.2, -0.15) is 5.10 Å². The number of ether oxygens (including phenoxy) is 1. The fourth-order valence-corrected chi connectivity index (χ4v) is 3.48. The lowest BCUT2D eigenvalue weighted by Crippen LogP contribution is -2.45. The number of anilines is 1. The van der Waals surface area contributed by atoms with Gasteiger partial charge in [0, 0.05) is 18.2 Å². The van der Waals surface area contributed by atoms with E-state index in [4.69, 9.17) is 27.9 Å². The molecule has 0 aliphatic heterocycles. The average molecular weight is 518 g/mol. The zero-order chi connectivity index (χ0) is 25.4. The Bertz CT molecular complexity index is 1200. The highest BCUT2D eigenvalue weighted by atomic mass is 35.5. The highest BCUT2D eigenvalue weighted by Crippen LogP contribution is 2.28. The van der Waals surface area contributed by atoms with Gasteiger partial charge in [-0.15, -0.1) is 0 Å². The van der Waals surface area contributed by atoms with Gasteiger partial charge in [0.25, 0.3) is 0 Å². The highest BCUT2D eigenvalue weighted by molar-refractivity contribution is 6.42. The summed E-state index contributed by atoms with van der Waals surface area (Å²) in [5.41, 5.74) is 2.08. The molecule has 0 aliphatic carbocycles. The maximum atomic E-state index is 12.9. The van der Waals surface area contributed by atoms with Crippen LogP contribution in [0, 0.1) is 0 Å². The van der Waals surface area contributed by atoms with Crippen molar-refractivity contribution < 1.29 is 19.1 Å². The molecule has 184 valence electrons. The van der Waals surface area contributed by atoms with Gasteiger partial charge in [-0.05, 0) is 32.0 Å². The fraction of sp³-hybridized carbons (Fsp3) is 0.250. The molecule has 0 atom stereocenters. The number of carbonyl (C=O) groups is 3. The monoisotopic (exact) mass is 517 g/mol. The summed E-state index contributed by atoms with van der Waals surface area (Å²) >= 11 is 12.3. The van der Waals surface area contributed by atoms with Crippen molar-refractivity contribution in [3.8, 4) is 16.9 Å². The second-order valence-corrected chi connectivity index (χ2v) is 8.13. The number of hydrogen-bond acceptors (Lipinski definition) is 5.